The molecule has 0 unspecified atom stereocenters. The predicted molar refractivity (Wildman–Crippen MR) is 86.0 cm³/mol. The number of amides is 1. The molecule has 0 fully saturated rings. The SMILES string of the molecule is C=CCN(C(=O)c1ccc(C)c(OC)c1)c1ccccc1. The Kier molecular flexibility index (Phi) is 4.77. The maximum Gasteiger partial charge on any atom is 0.258 e. The Labute approximate surface area is 125 Å². The lowest BCUT2D eigenvalue weighted by Crippen LogP contribution is -2.31. The average molecular weight is 281 g/mol. The fourth-order valence-electron chi connectivity index (χ4n) is 2.15. The Balaban J connectivity index is 2.37. The molecule has 0 spiro atoms. The van der Waals surface area contributed by atoms with Crippen molar-refractivity contribution < 1.29 is 9.53 Å². The molecule has 2 rings (SSSR count). The van der Waals surface area contributed by atoms with E-state index in [0.717, 1.165) is 11.3 Å². The lowest BCUT2D eigenvalue weighted by molar-refractivity contribution is 0.0989. The van der Waals surface area contributed by atoms with Gasteiger partial charge in [0.15, 0.2) is 0 Å². The van der Waals surface area contributed by atoms with Crippen molar-refractivity contribution in [3.63, 3.8) is 0 Å². The summed E-state index contributed by atoms with van der Waals surface area (Å²) in [5.74, 6) is 0.645. The van der Waals surface area contributed by atoms with Crippen LogP contribution in [0.4, 0.5) is 5.69 Å². The first-order valence-electron chi connectivity index (χ1n) is 6.80. The molecule has 0 aliphatic rings. The number of nitrogens with zero attached hydrogens (tertiary/aromatic N) is 1. The average Bonchev–Trinajstić information content (AvgIpc) is 2.53. The number of hydrogen-bond donors (Lipinski definition) is 0. The van der Waals surface area contributed by atoms with Crippen LogP contribution in [0.25, 0.3) is 0 Å². The van der Waals surface area contributed by atoms with Gasteiger partial charge in [0.1, 0.15) is 5.75 Å². The van der Waals surface area contributed by atoms with E-state index < -0.39 is 0 Å². The zero-order valence-electron chi connectivity index (χ0n) is 12.4. The number of carbonyl (C=O) groups excluding carboxylic acids is 1. The van der Waals surface area contributed by atoms with Gasteiger partial charge in [-0.25, -0.2) is 0 Å². The van der Waals surface area contributed by atoms with Gasteiger partial charge in [-0.05, 0) is 36.8 Å². The van der Waals surface area contributed by atoms with Crippen molar-refractivity contribution in [2.24, 2.45) is 0 Å². The third-order valence-electron chi connectivity index (χ3n) is 3.28. The molecule has 21 heavy (non-hydrogen) atoms. The largest absolute Gasteiger partial charge is 0.496 e. The van der Waals surface area contributed by atoms with Crippen LogP contribution < -0.4 is 9.64 Å². The second kappa shape index (κ2) is 6.75. The van der Waals surface area contributed by atoms with Gasteiger partial charge in [0.2, 0.25) is 0 Å². The molecular formula is C18H19NO2. The molecule has 1 amide bonds. The van der Waals surface area contributed by atoms with Crippen molar-refractivity contribution in [2.75, 3.05) is 18.6 Å². The Hall–Kier alpha value is -2.55. The van der Waals surface area contributed by atoms with Gasteiger partial charge < -0.3 is 9.64 Å². The normalized spacial score (nSPS) is 10.0. The van der Waals surface area contributed by atoms with Gasteiger partial charge >= 0.3 is 0 Å². The predicted octanol–water partition coefficient (Wildman–Crippen LogP) is 3.84. The maximum atomic E-state index is 12.7. The van der Waals surface area contributed by atoms with E-state index in [4.69, 9.17) is 4.74 Å². The van der Waals surface area contributed by atoms with Gasteiger partial charge in [0.05, 0.1) is 7.11 Å². The van der Waals surface area contributed by atoms with E-state index in [1.165, 1.54) is 0 Å². The van der Waals surface area contributed by atoms with Gasteiger partial charge in [-0.15, -0.1) is 6.58 Å². The lowest BCUT2D eigenvalue weighted by atomic mass is 10.1. The minimum Gasteiger partial charge on any atom is -0.496 e. The standard InChI is InChI=1S/C18H19NO2/c1-4-12-19(16-8-6-5-7-9-16)18(20)15-11-10-14(2)17(13-15)21-3/h4-11,13H,1,12H2,2-3H3. The third-order valence-corrected chi connectivity index (χ3v) is 3.28. The molecule has 0 atom stereocenters. The smallest absolute Gasteiger partial charge is 0.258 e. The summed E-state index contributed by atoms with van der Waals surface area (Å²) in [6.45, 7) is 6.14. The molecule has 0 aliphatic heterocycles. The second-order valence-corrected chi connectivity index (χ2v) is 4.72. The van der Waals surface area contributed by atoms with Crippen molar-refractivity contribution in [3.05, 3.63) is 72.3 Å². The Morgan fingerprint density at radius 1 is 1.24 bits per heavy atom. The van der Waals surface area contributed by atoms with Crippen LogP contribution in [0.3, 0.4) is 0 Å². The summed E-state index contributed by atoms with van der Waals surface area (Å²) >= 11 is 0. The molecule has 0 saturated heterocycles. The van der Waals surface area contributed by atoms with Crippen LogP contribution >= 0.6 is 0 Å². The number of anilines is 1. The van der Waals surface area contributed by atoms with Gasteiger partial charge in [-0.1, -0.05) is 30.3 Å². The fourth-order valence-corrected chi connectivity index (χ4v) is 2.15. The highest BCUT2D eigenvalue weighted by Crippen LogP contribution is 2.22. The molecular weight excluding hydrogens is 262 g/mol. The Bertz CT molecular complexity index is 635. The van der Waals surface area contributed by atoms with Crippen molar-refractivity contribution in [2.45, 2.75) is 6.92 Å². The molecule has 0 saturated carbocycles. The molecule has 0 bridgehead atoms. The summed E-state index contributed by atoms with van der Waals surface area (Å²) in [4.78, 5) is 14.4. The van der Waals surface area contributed by atoms with Crippen LogP contribution in [0, 0.1) is 6.92 Å². The zero-order chi connectivity index (χ0) is 15.2. The van der Waals surface area contributed by atoms with Gasteiger partial charge in [-0.2, -0.15) is 0 Å². The summed E-state index contributed by atoms with van der Waals surface area (Å²) in [7, 11) is 1.61. The number of aryl methyl sites for hydroxylation is 1. The number of methoxy groups -OCH3 is 1. The van der Waals surface area contributed by atoms with E-state index in [2.05, 4.69) is 6.58 Å². The van der Waals surface area contributed by atoms with Gasteiger partial charge in [0.25, 0.3) is 5.91 Å². The first kappa shape index (κ1) is 14.9. The summed E-state index contributed by atoms with van der Waals surface area (Å²) in [6.07, 6.45) is 1.72. The van der Waals surface area contributed by atoms with E-state index in [-0.39, 0.29) is 5.91 Å². The van der Waals surface area contributed by atoms with E-state index in [0.29, 0.717) is 17.9 Å². The highest BCUT2D eigenvalue weighted by molar-refractivity contribution is 6.06. The lowest BCUT2D eigenvalue weighted by Gasteiger charge is -2.21. The molecule has 3 nitrogen and oxygen atoms in total. The molecule has 0 radical (unpaired) electrons. The highest BCUT2D eigenvalue weighted by Gasteiger charge is 2.17. The van der Waals surface area contributed by atoms with Crippen LogP contribution in [0.5, 0.6) is 5.75 Å². The van der Waals surface area contributed by atoms with Gasteiger partial charge in [-0.3, -0.25) is 4.79 Å². The van der Waals surface area contributed by atoms with E-state index in [1.807, 2.05) is 49.4 Å². The van der Waals surface area contributed by atoms with Crippen LogP contribution in [0.15, 0.2) is 61.2 Å². The third kappa shape index (κ3) is 3.31. The molecule has 0 N–H and O–H groups in total. The molecule has 0 heterocycles. The highest BCUT2D eigenvalue weighted by atomic mass is 16.5. The molecule has 0 aromatic heterocycles. The van der Waals surface area contributed by atoms with Crippen molar-refractivity contribution in [3.8, 4) is 5.75 Å². The number of benzene rings is 2. The molecule has 108 valence electrons. The topological polar surface area (TPSA) is 29.5 Å². The summed E-state index contributed by atoms with van der Waals surface area (Å²) in [6, 6.07) is 15.1. The molecule has 3 heteroatoms. The first-order chi connectivity index (χ1) is 10.2. The Morgan fingerprint density at radius 2 is 1.95 bits per heavy atom. The molecule has 2 aromatic carbocycles. The van der Waals surface area contributed by atoms with Crippen molar-refractivity contribution in [1.29, 1.82) is 0 Å². The molecule has 0 aliphatic carbocycles. The van der Waals surface area contributed by atoms with E-state index >= 15 is 0 Å². The number of ether oxygens (including phenoxy) is 1. The first-order valence-corrected chi connectivity index (χ1v) is 6.80. The Morgan fingerprint density at radius 3 is 2.57 bits per heavy atom. The quantitative estimate of drug-likeness (QED) is 0.779. The van der Waals surface area contributed by atoms with Crippen molar-refractivity contribution in [1.82, 2.24) is 0 Å². The number of carbonyl (C=O) groups is 1. The van der Waals surface area contributed by atoms with Crippen LogP contribution in [-0.4, -0.2) is 19.6 Å². The molecule has 2 aromatic rings. The van der Waals surface area contributed by atoms with E-state index in [9.17, 15) is 4.79 Å². The number of para-hydroxylation sites is 1. The fraction of sp³-hybridized carbons (Fsp3) is 0.167. The van der Waals surface area contributed by atoms with Crippen LogP contribution in [0.2, 0.25) is 0 Å². The van der Waals surface area contributed by atoms with Crippen LogP contribution in [-0.2, 0) is 0 Å². The monoisotopic (exact) mass is 281 g/mol. The van der Waals surface area contributed by atoms with Gasteiger partial charge in [0, 0.05) is 17.8 Å². The second-order valence-electron chi connectivity index (χ2n) is 4.72. The maximum absolute atomic E-state index is 12.7. The number of rotatable bonds is 5. The summed E-state index contributed by atoms with van der Waals surface area (Å²) in [5.41, 5.74) is 2.45. The summed E-state index contributed by atoms with van der Waals surface area (Å²) < 4.78 is 5.29. The van der Waals surface area contributed by atoms with E-state index in [1.54, 1.807) is 24.2 Å². The van der Waals surface area contributed by atoms with Crippen LogP contribution in [0.1, 0.15) is 15.9 Å². The number of hydrogen-bond acceptors (Lipinski definition) is 2. The summed E-state index contributed by atoms with van der Waals surface area (Å²) in [5, 5.41) is 0. The zero-order valence-corrected chi connectivity index (χ0v) is 12.4. The minimum atomic E-state index is -0.0700. The van der Waals surface area contributed by atoms with Crippen molar-refractivity contribution >= 4 is 11.6 Å². The minimum absolute atomic E-state index is 0.0700.